The molecule has 7 nitrogen and oxygen atoms in total. The van der Waals surface area contributed by atoms with Crippen molar-refractivity contribution in [1.82, 2.24) is 14.5 Å². The van der Waals surface area contributed by atoms with E-state index in [9.17, 15) is 23.6 Å². The molecule has 0 bridgehead atoms. The van der Waals surface area contributed by atoms with Crippen molar-refractivity contribution in [3.8, 4) is 17.2 Å². The van der Waals surface area contributed by atoms with E-state index in [1.165, 1.54) is 12.3 Å². The van der Waals surface area contributed by atoms with Crippen LogP contribution in [-0.2, 0) is 18.3 Å². The minimum atomic E-state index is -3.11. The molecule has 0 aliphatic carbocycles. The third-order valence-electron chi connectivity index (χ3n) is 5.52. The summed E-state index contributed by atoms with van der Waals surface area (Å²) in [6.07, 6.45) is 2.13. The molecule has 1 aromatic carbocycles. The van der Waals surface area contributed by atoms with Gasteiger partial charge in [-0.3, -0.25) is 14.6 Å². The van der Waals surface area contributed by atoms with Crippen LogP contribution in [0.4, 0.5) is 8.78 Å². The molecule has 2 N–H and O–H groups in total. The Morgan fingerprint density at radius 1 is 1.32 bits per heavy atom. The van der Waals surface area contributed by atoms with Crippen LogP contribution < -0.4 is 5.73 Å². The third kappa shape index (κ3) is 3.61. The number of hydrogen-bond acceptors (Lipinski definition) is 4. The van der Waals surface area contributed by atoms with Gasteiger partial charge in [0.05, 0.1) is 30.3 Å². The zero-order chi connectivity index (χ0) is 22.3. The van der Waals surface area contributed by atoms with Crippen molar-refractivity contribution in [2.45, 2.75) is 24.8 Å². The van der Waals surface area contributed by atoms with Crippen LogP contribution in [0.3, 0.4) is 0 Å². The van der Waals surface area contributed by atoms with E-state index in [0.717, 1.165) is 15.8 Å². The number of halogens is 2. The first-order chi connectivity index (χ1) is 14.7. The van der Waals surface area contributed by atoms with E-state index in [0.29, 0.717) is 11.1 Å². The zero-order valence-corrected chi connectivity index (χ0v) is 16.7. The minimum absolute atomic E-state index is 0.178. The van der Waals surface area contributed by atoms with Crippen LogP contribution in [0.2, 0.25) is 0 Å². The van der Waals surface area contributed by atoms with Gasteiger partial charge in [-0.05, 0) is 12.1 Å². The molecule has 1 saturated heterocycles. The maximum absolute atomic E-state index is 13.8. The van der Waals surface area contributed by atoms with Crippen molar-refractivity contribution < 1.29 is 18.4 Å². The summed E-state index contributed by atoms with van der Waals surface area (Å²) in [7, 11) is 1.85. The molecule has 1 aliphatic rings. The number of primary amides is 1. The van der Waals surface area contributed by atoms with Gasteiger partial charge in [0.1, 0.15) is 6.04 Å². The van der Waals surface area contributed by atoms with Crippen LogP contribution in [0.5, 0.6) is 0 Å². The molecule has 9 heteroatoms. The number of carbonyl (C=O) groups excluding carboxylic acids is 2. The standard InChI is InChI=1S/C22H19F2N5O2/c1-28-11-16(14-4-2-3-5-18(14)28)20-15(21(26)31)6-7-27-17(20)8-19(30)29-12-22(23,24)9-13(29)10-25/h2-7,11,13H,8-9,12H2,1H3,(H2,26,31). The quantitative estimate of drug-likeness (QED) is 0.696. The average molecular weight is 423 g/mol. The van der Waals surface area contributed by atoms with E-state index < -0.39 is 36.7 Å². The Bertz CT molecular complexity index is 1240. The maximum atomic E-state index is 13.8. The van der Waals surface area contributed by atoms with Gasteiger partial charge < -0.3 is 15.2 Å². The summed E-state index contributed by atoms with van der Waals surface area (Å²) in [5, 5.41) is 10.0. The molecule has 31 heavy (non-hydrogen) atoms. The molecule has 1 aliphatic heterocycles. The highest BCUT2D eigenvalue weighted by Crippen LogP contribution is 2.36. The predicted octanol–water partition coefficient (Wildman–Crippen LogP) is 2.64. The molecular weight excluding hydrogens is 404 g/mol. The van der Waals surface area contributed by atoms with Crippen LogP contribution in [0.1, 0.15) is 22.5 Å². The average Bonchev–Trinajstić information content (AvgIpc) is 3.24. The Balaban J connectivity index is 1.81. The second-order valence-corrected chi connectivity index (χ2v) is 7.62. The topological polar surface area (TPSA) is 105 Å². The number of fused-ring (bicyclic) bond motifs is 1. The van der Waals surface area contributed by atoms with Gasteiger partial charge in [0.2, 0.25) is 11.8 Å². The van der Waals surface area contributed by atoms with E-state index in [1.54, 1.807) is 6.07 Å². The molecule has 3 heterocycles. The number of benzene rings is 1. The summed E-state index contributed by atoms with van der Waals surface area (Å²) in [4.78, 5) is 30.2. The van der Waals surface area contributed by atoms with Gasteiger partial charge in [-0.25, -0.2) is 8.78 Å². The van der Waals surface area contributed by atoms with Gasteiger partial charge in [0.25, 0.3) is 5.92 Å². The maximum Gasteiger partial charge on any atom is 0.268 e. The smallest absolute Gasteiger partial charge is 0.268 e. The Morgan fingerprint density at radius 3 is 2.77 bits per heavy atom. The molecule has 2 aromatic heterocycles. The SMILES string of the molecule is Cn1cc(-c2c(C(N)=O)ccnc2CC(=O)N2CC(F)(F)CC2C#N)c2ccccc21. The number of carbonyl (C=O) groups is 2. The van der Waals surface area contributed by atoms with Crippen LogP contribution in [0, 0.1) is 11.3 Å². The first-order valence-corrected chi connectivity index (χ1v) is 9.61. The number of hydrogen-bond donors (Lipinski definition) is 1. The fourth-order valence-corrected chi connectivity index (χ4v) is 4.13. The van der Waals surface area contributed by atoms with Crippen LogP contribution in [0.15, 0.2) is 42.7 Å². The highest BCUT2D eigenvalue weighted by atomic mass is 19.3. The summed E-state index contributed by atoms with van der Waals surface area (Å²) in [6, 6.07) is 9.54. The molecule has 1 unspecified atom stereocenters. The second kappa shape index (κ2) is 7.47. The Kier molecular flexibility index (Phi) is 4.93. The van der Waals surface area contributed by atoms with Gasteiger partial charge in [-0.1, -0.05) is 18.2 Å². The largest absolute Gasteiger partial charge is 0.366 e. The van der Waals surface area contributed by atoms with Gasteiger partial charge in [0.15, 0.2) is 0 Å². The molecule has 4 rings (SSSR count). The van der Waals surface area contributed by atoms with E-state index in [-0.39, 0.29) is 17.7 Å². The number of aromatic nitrogens is 2. The first-order valence-electron chi connectivity index (χ1n) is 9.61. The Morgan fingerprint density at radius 2 is 2.06 bits per heavy atom. The Hall–Kier alpha value is -3.80. The van der Waals surface area contributed by atoms with E-state index in [4.69, 9.17) is 5.73 Å². The van der Waals surface area contributed by atoms with Gasteiger partial charge in [-0.2, -0.15) is 5.26 Å². The van der Waals surface area contributed by atoms with Crippen LogP contribution >= 0.6 is 0 Å². The van der Waals surface area contributed by atoms with Crippen molar-refractivity contribution in [1.29, 1.82) is 5.26 Å². The monoisotopic (exact) mass is 423 g/mol. The summed E-state index contributed by atoms with van der Waals surface area (Å²) >= 11 is 0. The zero-order valence-electron chi connectivity index (χ0n) is 16.7. The van der Waals surface area contributed by atoms with Gasteiger partial charge >= 0.3 is 0 Å². The fraction of sp³-hybridized carbons (Fsp3) is 0.273. The summed E-state index contributed by atoms with van der Waals surface area (Å²) in [6.45, 7) is -0.816. The molecule has 0 saturated carbocycles. The lowest BCUT2D eigenvalue weighted by atomic mass is 9.95. The molecule has 0 radical (unpaired) electrons. The number of aryl methyl sites for hydroxylation is 1. The number of nitrogens with zero attached hydrogens (tertiary/aromatic N) is 4. The molecule has 1 atom stereocenters. The lowest BCUT2D eigenvalue weighted by Gasteiger charge is -2.20. The van der Waals surface area contributed by atoms with E-state index >= 15 is 0 Å². The second-order valence-electron chi connectivity index (χ2n) is 7.62. The third-order valence-corrected chi connectivity index (χ3v) is 5.52. The van der Waals surface area contributed by atoms with Gasteiger partial charge in [0, 0.05) is 47.9 Å². The summed E-state index contributed by atoms with van der Waals surface area (Å²) in [5.41, 5.74) is 7.96. The number of rotatable bonds is 4. The number of nitriles is 1. The molecule has 3 aromatic rings. The number of para-hydroxylation sites is 1. The summed E-state index contributed by atoms with van der Waals surface area (Å²) in [5.74, 6) is -4.46. The number of pyridine rings is 1. The van der Waals surface area contributed by atoms with Crippen LogP contribution in [0.25, 0.3) is 22.0 Å². The molecular formula is C22H19F2N5O2. The molecule has 158 valence electrons. The lowest BCUT2D eigenvalue weighted by molar-refractivity contribution is -0.131. The first kappa shape index (κ1) is 20.5. The highest BCUT2D eigenvalue weighted by Gasteiger charge is 2.47. The van der Waals surface area contributed by atoms with Crippen molar-refractivity contribution in [3.05, 3.63) is 54.0 Å². The fourth-order valence-electron chi connectivity index (χ4n) is 4.13. The van der Waals surface area contributed by atoms with E-state index in [1.807, 2.05) is 42.1 Å². The lowest BCUT2D eigenvalue weighted by Crippen LogP contribution is -2.37. The van der Waals surface area contributed by atoms with E-state index in [2.05, 4.69) is 4.98 Å². The van der Waals surface area contributed by atoms with Crippen molar-refractivity contribution in [3.63, 3.8) is 0 Å². The molecule has 2 amide bonds. The molecule has 0 spiro atoms. The van der Waals surface area contributed by atoms with Crippen molar-refractivity contribution in [2.75, 3.05) is 6.54 Å². The predicted molar refractivity (Wildman–Crippen MR) is 109 cm³/mol. The van der Waals surface area contributed by atoms with Gasteiger partial charge in [-0.15, -0.1) is 0 Å². The number of alkyl halides is 2. The number of amides is 2. The normalized spacial score (nSPS) is 17.6. The number of nitrogens with two attached hydrogens (primary N) is 1. The highest BCUT2D eigenvalue weighted by molar-refractivity contribution is 6.06. The number of likely N-dealkylation sites (tertiary alicyclic amines) is 1. The van der Waals surface area contributed by atoms with Crippen LogP contribution in [-0.4, -0.2) is 44.8 Å². The summed E-state index contributed by atoms with van der Waals surface area (Å²) < 4.78 is 29.5. The molecule has 1 fully saturated rings. The minimum Gasteiger partial charge on any atom is -0.366 e. The van der Waals surface area contributed by atoms with Crippen molar-refractivity contribution >= 4 is 22.7 Å². The van der Waals surface area contributed by atoms with Crippen molar-refractivity contribution in [2.24, 2.45) is 12.8 Å². The Labute approximate surface area is 176 Å².